The number of imidazole rings is 2. The van der Waals surface area contributed by atoms with Gasteiger partial charge in [-0.25, -0.2) is 15.0 Å². The summed E-state index contributed by atoms with van der Waals surface area (Å²) in [6.45, 7) is 11.6. The number of nitrogen functional groups attached to an aromatic ring is 1. The fourth-order valence-electron chi connectivity index (χ4n) is 6.43. The Balaban J connectivity index is 1.06. The second-order valence-corrected chi connectivity index (χ2v) is 13.3. The third-order valence-electron chi connectivity index (χ3n) is 9.02. The molecule has 1 saturated heterocycles. The Hall–Kier alpha value is -3.05. The number of aliphatic hydroxyl groups excluding tert-OH is 2. The summed E-state index contributed by atoms with van der Waals surface area (Å²) in [6, 6.07) is 8.95. The van der Waals surface area contributed by atoms with E-state index in [1.165, 1.54) is 5.56 Å². The molecule has 4 atom stereocenters. The molecule has 2 fully saturated rings. The fourth-order valence-corrected chi connectivity index (χ4v) is 6.43. The number of aliphatic hydroxyl groups is 2. The van der Waals surface area contributed by atoms with Gasteiger partial charge >= 0.3 is 0 Å². The number of ether oxygens (including phenoxy) is 1. The Morgan fingerprint density at radius 2 is 1.93 bits per heavy atom. The molecule has 4 heterocycles. The van der Waals surface area contributed by atoms with E-state index in [0.717, 1.165) is 42.5 Å². The number of anilines is 1. The van der Waals surface area contributed by atoms with E-state index in [1.54, 1.807) is 23.2 Å². The highest BCUT2D eigenvalue weighted by atomic mass is 16.6. The zero-order valence-electron chi connectivity index (χ0n) is 24.7. The lowest BCUT2D eigenvalue weighted by atomic mass is 9.76. The number of benzene rings is 1. The number of nitrogens with one attached hydrogen (secondary N) is 1. The van der Waals surface area contributed by atoms with Gasteiger partial charge in [0.25, 0.3) is 0 Å². The highest BCUT2D eigenvalue weighted by Gasteiger charge is 2.46. The molecule has 1 aliphatic heterocycles. The molecule has 1 aliphatic carbocycles. The van der Waals surface area contributed by atoms with E-state index >= 15 is 0 Å². The molecule has 220 valence electrons. The number of rotatable bonds is 8. The highest BCUT2D eigenvalue weighted by Crippen LogP contribution is 2.38. The smallest absolute Gasteiger partial charge is 0.165 e. The topological polar surface area (TPSA) is 138 Å². The van der Waals surface area contributed by atoms with Gasteiger partial charge in [-0.05, 0) is 68.2 Å². The number of H-pyrrole nitrogens is 1. The lowest BCUT2D eigenvalue weighted by Crippen LogP contribution is -2.52. The summed E-state index contributed by atoms with van der Waals surface area (Å²) in [5.74, 6) is 1.70. The van der Waals surface area contributed by atoms with Crippen molar-refractivity contribution in [2.75, 3.05) is 12.3 Å². The normalized spacial score (nSPS) is 27.0. The average Bonchev–Trinajstić information content (AvgIpc) is 3.58. The molecular formula is C31H43N7O3. The molecular weight excluding hydrogens is 518 g/mol. The summed E-state index contributed by atoms with van der Waals surface area (Å²) < 4.78 is 7.92. The van der Waals surface area contributed by atoms with Gasteiger partial charge in [0.15, 0.2) is 11.9 Å². The van der Waals surface area contributed by atoms with Crippen molar-refractivity contribution in [1.82, 2.24) is 29.4 Å². The van der Waals surface area contributed by atoms with Crippen LogP contribution in [0.15, 0.2) is 36.8 Å². The van der Waals surface area contributed by atoms with Crippen LogP contribution in [-0.4, -0.2) is 76.6 Å². The summed E-state index contributed by atoms with van der Waals surface area (Å²) in [5, 5.41) is 21.9. The molecule has 0 bridgehead atoms. The van der Waals surface area contributed by atoms with Gasteiger partial charge < -0.3 is 25.7 Å². The van der Waals surface area contributed by atoms with Gasteiger partial charge in [-0.1, -0.05) is 26.8 Å². The Morgan fingerprint density at radius 3 is 2.66 bits per heavy atom. The largest absolute Gasteiger partial charge is 0.397 e. The third kappa shape index (κ3) is 5.34. The first-order valence-electron chi connectivity index (χ1n) is 14.8. The van der Waals surface area contributed by atoms with Crippen molar-refractivity contribution in [2.45, 2.75) is 102 Å². The number of nitrogens with zero attached hydrogens (tertiary/aromatic N) is 5. The third-order valence-corrected chi connectivity index (χ3v) is 9.02. The molecule has 41 heavy (non-hydrogen) atoms. The number of hydrogen-bond acceptors (Lipinski definition) is 8. The molecule has 2 aliphatic rings. The molecule has 4 aromatic rings. The second-order valence-electron chi connectivity index (χ2n) is 13.3. The van der Waals surface area contributed by atoms with Gasteiger partial charge in [0.2, 0.25) is 0 Å². The van der Waals surface area contributed by atoms with Gasteiger partial charge in [0.1, 0.15) is 29.7 Å². The van der Waals surface area contributed by atoms with E-state index < -0.39 is 24.5 Å². The minimum atomic E-state index is -1.09. The molecule has 3 aromatic heterocycles. The Labute approximate surface area is 240 Å². The molecule has 0 radical (unpaired) electrons. The van der Waals surface area contributed by atoms with Crippen molar-refractivity contribution in [2.24, 2.45) is 5.92 Å². The number of fused-ring (bicyclic) bond motifs is 2. The van der Waals surface area contributed by atoms with Gasteiger partial charge in [-0.15, -0.1) is 0 Å². The number of aromatic nitrogens is 5. The number of aryl methyl sites for hydroxylation is 1. The molecule has 1 aromatic carbocycles. The molecule has 0 amide bonds. The highest BCUT2D eigenvalue weighted by molar-refractivity contribution is 5.83. The number of nitrogens with two attached hydrogens (primary N) is 1. The maximum absolute atomic E-state index is 10.9. The van der Waals surface area contributed by atoms with Crippen LogP contribution in [0.2, 0.25) is 0 Å². The standard InChI is InChI=1S/C31H43N7O3/c1-17(2)37(15-24-27(39)28(40)30(41-24)38-16-34-26-21(32)10-11-33-29(26)38)20-12-18(13-20)6-9-25-35-22-8-7-19(31(3,4)5)14-23(22)36-25/h7-8,10-11,14,16-18,20,24,27-28,30,39-40H,6,9,12-13,15H2,1-5H3,(H2,32,33)(H,35,36)/t18?,20?,24?,27-,28-,30?/m1/s1. The molecule has 2 unspecified atom stereocenters. The van der Waals surface area contributed by atoms with E-state index in [-0.39, 0.29) is 11.5 Å². The monoisotopic (exact) mass is 561 g/mol. The zero-order chi connectivity index (χ0) is 29.1. The Kier molecular flexibility index (Phi) is 7.30. The molecule has 0 spiro atoms. The first-order valence-corrected chi connectivity index (χ1v) is 14.8. The number of hydrogen-bond donors (Lipinski definition) is 4. The lowest BCUT2D eigenvalue weighted by Gasteiger charge is -2.46. The molecule has 10 heteroatoms. The number of pyridine rings is 1. The van der Waals surface area contributed by atoms with Crippen molar-refractivity contribution in [3.8, 4) is 0 Å². The summed E-state index contributed by atoms with van der Waals surface area (Å²) in [5.41, 5.74) is 11.2. The first-order chi connectivity index (χ1) is 19.5. The van der Waals surface area contributed by atoms with Gasteiger partial charge in [-0.3, -0.25) is 9.47 Å². The van der Waals surface area contributed by atoms with Crippen LogP contribution in [0.3, 0.4) is 0 Å². The molecule has 1 saturated carbocycles. The summed E-state index contributed by atoms with van der Waals surface area (Å²) >= 11 is 0. The van der Waals surface area contributed by atoms with E-state index in [0.29, 0.717) is 35.4 Å². The average molecular weight is 562 g/mol. The van der Waals surface area contributed by atoms with Crippen LogP contribution < -0.4 is 5.73 Å². The van der Waals surface area contributed by atoms with Crippen LogP contribution in [0.1, 0.15) is 71.5 Å². The van der Waals surface area contributed by atoms with Crippen molar-refractivity contribution in [3.05, 3.63) is 48.2 Å². The van der Waals surface area contributed by atoms with Gasteiger partial charge in [0.05, 0.1) is 23.0 Å². The first kappa shape index (κ1) is 28.1. The Morgan fingerprint density at radius 1 is 1.15 bits per heavy atom. The molecule has 5 N–H and O–H groups in total. The van der Waals surface area contributed by atoms with Gasteiger partial charge in [0, 0.05) is 31.2 Å². The quantitative estimate of drug-likeness (QED) is 0.254. The zero-order valence-corrected chi connectivity index (χ0v) is 24.7. The van der Waals surface area contributed by atoms with Crippen LogP contribution >= 0.6 is 0 Å². The maximum Gasteiger partial charge on any atom is 0.165 e. The van der Waals surface area contributed by atoms with Crippen molar-refractivity contribution in [1.29, 1.82) is 0 Å². The predicted octanol–water partition coefficient (Wildman–Crippen LogP) is 3.93. The predicted molar refractivity (Wildman–Crippen MR) is 159 cm³/mol. The summed E-state index contributed by atoms with van der Waals surface area (Å²) in [4.78, 5) is 19.5. The summed E-state index contributed by atoms with van der Waals surface area (Å²) in [7, 11) is 0. The van der Waals surface area contributed by atoms with Crippen molar-refractivity contribution < 1.29 is 14.9 Å². The minimum absolute atomic E-state index is 0.106. The van der Waals surface area contributed by atoms with E-state index in [4.69, 9.17) is 15.5 Å². The molecule has 6 rings (SSSR count). The van der Waals surface area contributed by atoms with Gasteiger partial charge in [-0.2, -0.15) is 0 Å². The van der Waals surface area contributed by atoms with E-state index in [2.05, 4.69) is 72.7 Å². The van der Waals surface area contributed by atoms with E-state index in [9.17, 15) is 10.2 Å². The maximum atomic E-state index is 10.9. The number of aromatic amines is 1. The second kappa shape index (κ2) is 10.7. The van der Waals surface area contributed by atoms with Crippen molar-refractivity contribution in [3.63, 3.8) is 0 Å². The van der Waals surface area contributed by atoms with Crippen LogP contribution in [0.4, 0.5) is 5.69 Å². The lowest BCUT2D eigenvalue weighted by molar-refractivity contribution is -0.0620. The molecule has 10 nitrogen and oxygen atoms in total. The van der Waals surface area contributed by atoms with Crippen LogP contribution in [-0.2, 0) is 16.6 Å². The SMILES string of the molecule is CC(C)N(CC1OC(n2cnc3c(N)ccnc32)[C@H](O)[C@@H]1O)C1CC(CCc2nc3cc(C(C)(C)C)ccc3[nH]2)C1. The fraction of sp³-hybridized carbons (Fsp3) is 0.581. The minimum Gasteiger partial charge on any atom is -0.397 e. The van der Waals surface area contributed by atoms with Crippen LogP contribution in [0, 0.1) is 5.92 Å². The Bertz CT molecular complexity index is 1520. The van der Waals surface area contributed by atoms with E-state index in [1.807, 2.05) is 0 Å². The van der Waals surface area contributed by atoms with Crippen LogP contribution in [0.25, 0.3) is 22.2 Å². The van der Waals surface area contributed by atoms with Crippen molar-refractivity contribution >= 4 is 27.9 Å². The van der Waals surface area contributed by atoms with Crippen LogP contribution in [0.5, 0.6) is 0 Å². The summed E-state index contributed by atoms with van der Waals surface area (Å²) in [6.07, 6.45) is 4.02.